The number of nitroso groups, excluding NO2 is 1. The van der Waals surface area contributed by atoms with Crippen LogP contribution in [0.4, 0.5) is 11.4 Å². The van der Waals surface area contributed by atoms with Crippen molar-refractivity contribution in [1.29, 1.82) is 0 Å². The largest absolute Gasteiger partial charge is 0.493 e. The Balaban J connectivity index is 1.52. The Bertz CT molecular complexity index is 1470. The zero-order valence-corrected chi connectivity index (χ0v) is 17.0. The summed E-state index contributed by atoms with van der Waals surface area (Å²) in [4.78, 5) is 24.5. The summed E-state index contributed by atoms with van der Waals surface area (Å²) in [6.45, 7) is 0.389. The molecule has 1 aromatic heterocycles. The standard InChI is InChI=1S/C26H19N3O3/c30-25(21-12-6-10-18-9-4-5-11-20(18)21)27-19-13-14-23-22(15-19)24(28-32)26(31)29(23)16-17-7-2-1-3-8-17/h1-15,31H,16H2,(H,27,30). The van der Waals surface area contributed by atoms with Crippen LogP contribution in [0.2, 0.25) is 0 Å². The Hall–Kier alpha value is -4.45. The van der Waals surface area contributed by atoms with Gasteiger partial charge in [-0.2, -0.15) is 0 Å². The monoisotopic (exact) mass is 421 g/mol. The summed E-state index contributed by atoms with van der Waals surface area (Å²) >= 11 is 0. The number of aromatic nitrogens is 1. The number of aromatic hydroxyl groups is 1. The molecule has 0 bridgehead atoms. The molecule has 1 heterocycles. The molecule has 0 fully saturated rings. The predicted octanol–water partition coefficient (Wildman–Crippen LogP) is 6.20. The fourth-order valence-electron chi connectivity index (χ4n) is 4.04. The number of carbonyl (C=O) groups excluding carboxylic acids is 1. The lowest BCUT2D eigenvalue weighted by molar-refractivity contribution is 0.102. The van der Waals surface area contributed by atoms with Crippen LogP contribution in [0.3, 0.4) is 0 Å². The molecule has 2 N–H and O–H groups in total. The fourth-order valence-corrected chi connectivity index (χ4v) is 4.04. The Kier molecular flexibility index (Phi) is 4.88. The first-order valence-corrected chi connectivity index (χ1v) is 10.2. The highest BCUT2D eigenvalue weighted by Gasteiger charge is 2.19. The van der Waals surface area contributed by atoms with Crippen molar-refractivity contribution in [2.45, 2.75) is 6.54 Å². The number of rotatable bonds is 5. The van der Waals surface area contributed by atoms with E-state index in [0.717, 1.165) is 16.3 Å². The molecule has 1 amide bonds. The quantitative estimate of drug-likeness (QED) is 0.332. The van der Waals surface area contributed by atoms with Gasteiger partial charge in [-0.15, -0.1) is 4.91 Å². The predicted molar refractivity (Wildman–Crippen MR) is 127 cm³/mol. The molecular formula is C26H19N3O3. The number of amides is 1. The minimum absolute atomic E-state index is 0.0443. The third-order valence-corrected chi connectivity index (χ3v) is 5.58. The second-order valence-electron chi connectivity index (χ2n) is 7.55. The average Bonchev–Trinajstić information content (AvgIpc) is 3.09. The highest BCUT2D eigenvalue weighted by Crippen LogP contribution is 2.40. The van der Waals surface area contributed by atoms with Crippen LogP contribution in [-0.4, -0.2) is 15.6 Å². The van der Waals surface area contributed by atoms with Crippen LogP contribution in [-0.2, 0) is 6.54 Å². The molecule has 5 aromatic rings. The van der Waals surface area contributed by atoms with E-state index in [1.807, 2.05) is 66.7 Å². The average molecular weight is 421 g/mol. The number of fused-ring (bicyclic) bond motifs is 2. The van der Waals surface area contributed by atoms with E-state index in [1.54, 1.807) is 28.8 Å². The molecule has 0 saturated heterocycles. The molecule has 0 saturated carbocycles. The molecular weight excluding hydrogens is 402 g/mol. The van der Waals surface area contributed by atoms with Gasteiger partial charge in [0.1, 0.15) is 0 Å². The van der Waals surface area contributed by atoms with E-state index in [-0.39, 0.29) is 17.5 Å². The summed E-state index contributed by atoms with van der Waals surface area (Å²) in [7, 11) is 0. The maximum Gasteiger partial charge on any atom is 0.256 e. The van der Waals surface area contributed by atoms with Crippen molar-refractivity contribution in [2.24, 2.45) is 5.18 Å². The van der Waals surface area contributed by atoms with Gasteiger partial charge in [0.2, 0.25) is 5.88 Å². The third kappa shape index (κ3) is 3.37. The topological polar surface area (TPSA) is 83.7 Å². The van der Waals surface area contributed by atoms with Crippen molar-refractivity contribution in [2.75, 3.05) is 5.32 Å². The Morgan fingerprint density at radius 3 is 2.44 bits per heavy atom. The van der Waals surface area contributed by atoms with Crippen LogP contribution in [0.5, 0.6) is 5.88 Å². The second-order valence-corrected chi connectivity index (χ2v) is 7.55. The molecule has 0 unspecified atom stereocenters. The number of hydrogen-bond donors (Lipinski definition) is 2. The van der Waals surface area contributed by atoms with Gasteiger partial charge in [-0.25, -0.2) is 0 Å². The van der Waals surface area contributed by atoms with Crippen LogP contribution in [0.1, 0.15) is 15.9 Å². The molecule has 6 heteroatoms. The lowest BCUT2D eigenvalue weighted by atomic mass is 10.0. The maximum absolute atomic E-state index is 13.0. The van der Waals surface area contributed by atoms with Crippen molar-refractivity contribution in [3.05, 3.63) is 107 Å². The highest BCUT2D eigenvalue weighted by atomic mass is 16.3. The number of hydrogen-bond acceptors (Lipinski definition) is 4. The minimum atomic E-state index is -0.255. The van der Waals surface area contributed by atoms with Crippen molar-refractivity contribution in [1.82, 2.24) is 4.57 Å². The van der Waals surface area contributed by atoms with Crippen LogP contribution in [0, 0.1) is 4.91 Å². The zero-order valence-electron chi connectivity index (χ0n) is 17.0. The first-order valence-electron chi connectivity index (χ1n) is 10.2. The van der Waals surface area contributed by atoms with Crippen molar-refractivity contribution >= 4 is 39.0 Å². The highest BCUT2D eigenvalue weighted by molar-refractivity contribution is 6.13. The van der Waals surface area contributed by atoms with E-state index in [2.05, 4.69) is 10.5 Å². The molecule has 4 aromatic carbocycles. The van der Waals surface area contributed by atoms with Gasteiger partial charge in [-0.3, -0.25) is 4.79 Å². The molecule has 0 spiro atoms. The van der Waals surface area contributed by atoms with E-state index < -0.39 is 0 Å². The summed E-state index contributed by atoms with van der Waals surface area (Å²) in [5, 5.41) is 18.9. The number of nitrogens with zero attached hydrogens (tertiary/aromatic N) is 2. The normalized spacial score (nSPS) is 11.0. The molecule has 156 valence electrons. The van der Waals surface area contributed by atoms with Gasteiger partial charge in [0.15, 0.2) is 5.69 Å². The van der Waals surface area contributed by atoms with Crippen molar-refractivity contribution in [3.63, 3.8) is 0 Å². The van der Waals surface area contributed by atoms with Gasteiger partial charge in [0, 0.05) is 16.6 Å². The first-order chi connectivity index (χ1) is 15.7. The van der Waals surface area contributed by atoms with Crippen molar-refractivity contribution < 1.29 is 9.90 Å². The van der Waals surface area contributed by atoms with E-state index in [1.165, 1.54) is 0 Å². The second kappa shape index (κ2) is 8.00. The molecule has 6 nitrogen and oxygen atoms in total. The maximum atomic E-state index is 13.0. The number of benzene rings is 4. The van der Waals surface area contributed by atoms with Gasteiger partial charge in [-0.1, -0.05) is 66.7 Å². The molecule has 0 aliphatic carbocycles. The lowest BCUT2D eigenvalue weighted by Crippen LogP contribution is -2.12. The fraction of sp³-hybridized carbons (Fsp3) is 0.0385. The number of nitrogens with one attached hydrogen (secondary N) is 1. The SMILES string of the molecule is O=Nc1c(O)n(Cc2ccccc2)c2ccc(NC(=O)c3cccc4ccccc34)cc12. The summed E-state index contributed by atoms with van der Waals surface area (Å²) in [5.74, 6) is -0.453. The number of carbonyl (C=O) groups is 1. The van der Waals surface area contributed by atoms with E-state index in [4.69, 9.17) is 0 Å². The molecule has 32 heavy (non-hydrogen) atoms. The molecule has 5 rings (SSSR count). The van der Waals surface area contributed by atoms with E-state index in [9.17, 15) is 14.8 Å². The zero-order chi connectivity index (χ0) is 22.1. The molecule has 0 aliphatic heterocycles. The van der Waals surface area contributed by atoms with E-state index in [0.29, 0.717) is 28.7 Å². The van der Waals surface area contributed by atoms with Gasteiger partial charge in [0.05, 0.1) is 12.1 Å². The summed E-state index contributed by atoms with van der Waals surface area (Å²) in [6, 6.07) is 28.1. The van der Waals surface area contributed by atoms with Crippen LogP contribution in [0.25, 0.3) is 21.7 Å². The van der Waals surface area contributed by atoms with Gasteiger partial charge in [0.25, 0.3) is 5.91 Å². The molecule has 0 atom stereocenters. The van der Waals surface area contributed by atoms with Crippen molar-refractivity contribution in [3.8, 4) is 5.88 Å². The van der Waals surface area contributed by atoms with Gasteiger partial charge < -0.3 is 15.0 Å². The Morgan fingerprint density at radius 1 is 0.875 bits per heavy atom. The molecule has 0 radical (unpaired) electrons. The lowest BCUT2D eigenvalue weighted by Gasteiger charge is -2.09. The summed E-state index contributed by atoms with van der Waals surface area (Å²) < 4.78 is 1.64. The minimum Gasteiger partial charge on any atom is -0.493 e. The van der Waals surface area contributed by atoms with E-state index >= 15 is 0 Å². The summed E-state index contributed by atoms with van der Waals surface area (Å²) in [5.41, 5.74) is 2.66. The van der Waals surface area contributed by atoms with Crippen LogP contribution in [0.15, 0.2) is 96.2 Å². The Morgan fingerprint density at radius 2 is 1.62 bits per heavy atom. The Labute approximate surface area is 183 Å². The van der Waals surface area contributed by atoms with Crippen LogP contribution >= 0.6 is 0 Å². The van der Waals surface area contributed by atoms with Gasteiger partial charge >= 0.3 is 0 Å². The smallest absolute Gasteiger partial charge is 0.256 e. The van der Waals surface area contributed by atoms with Crippen LogP contribution < -0.4 is 5.32 Å². The van der Waals surface area contributed by atoms with Gasteiger partial charge in [-0.05, 0) is 45.8 Å². The summed E-state index contributed by atoms with van der Waals surface area (Å²) in [6.07, 6.45) is 0. The molecule has 0 aliphatic rings. The third-order valence-electron chi connectivity index (χ3n) is 5.58. The first kappa shape index (κ1) is 19.5. The number of anilines is 1.